The molecular formula is C23H18N2O3S. The summed E-state index contributed by atoms with van der Waals surface area (Å²) in [4.78, 5) is 13.3. The lowest BCUT2D eigenvalue weighted by Gasteiger charge is -2.25. The Labute approximate surface area is 168 Å². The highest BCUT2D eigenvalue weighted by Gasteiger charge is 2.40. The molecule has 0 unspecified atom stereocenters. The molecule has 6 heteroatoms. The fourth-order valence-electron chi connectivity index (χ4n) is 4.02. The normalized spacial score (nSPS) is 15.6. The Morgan fingerprint density at radius 3 is 2.34 bits per heavy atom. The van der Waals surface area contributed by atoms with Gasteiger partial charge >= 0.3 is 0 Å². The topological polar surface area (TPSA) is 66.5 Å². The Morgan fingerprint density at radius 1 is 0.862 bits per heavy atom. The summed E-state index contributed by atoms with van der Waals surface area (Å²) in [5.41, 5.74) is 1.20. The van der Waals surface area contributed by atoms with E-state index in [1.807, 2.05) is 60.7 Å². The van der Waals surface area contributed by atoms with E-state index in [2.05, 4.69) is 5.32 Å². The summed E-state index contributed by atoms with van der Waals surface area (Å²) in [5.74, 6) is -0.380. The Kier molecular flexibility index (Phi) is 3.86. The number of sulfonamides is 1. The van der Waals surface area contributed by atoms with Crippen LogP contribution in [0.2, 0.25) is 0 Å². The van der Waals surface area contributed by atoms with Crippen LogP contribution >= 0.6 is 0 Å². The fraction of sp³-hybridized carbons (Fsp3) is 0.0870. The van der Waals surface area contributed by atoms with E-state index >= 15 is 0 Å². The van der Waals surface area contributed by atoms with Gasteiger partial charge in [-0.25, -0.2) is 8.42 Å². The molecule has 0 bridgehead atoms. The molecule has 5 nitrogen and oxygen atoms in total. The molecule has 1 aliphatic heterocycles. The van der Waals surface area contributed by atoms with Crippen molar-refractivity contribution in [2.45, 2.75) is 17.9 Å². The van der Waals surface area contributed by atoms with E-state index in [9.17, 15) is 13.2 Å². The molecule has 5 rings (SSSR count). The van der Waals surface area contributed by atoms with Gasteiger partial charge in [0.1, 0.15) is 6.04 Å². The van der Waals surface area contributed by atoms with E-state index in [-0.39, 0.29) is 10.8 Å². The van der Waals surface area contributed by atoms with Gasteiger partial charge in [-0.1, -0.05) is 60.7 Å². The van der Waals surface area contributed by atoms with Crippen LogP contribution in [-0.4, -0.2) is 20.4 Å². The van der Waals surface area contributed by atoms with Crippen molar-refractivity contribution in [2.75, 3.05) is 9.62 Å². The molecular weight excluding hydrogens is 384 g/mol. The van der Waals surface area contributed by atoms with E-state index in [1.165, 1.54) is 4.31 Å². The van der Waals surface area contributed by atoms with Crippen LogP contribution in [0.5, 0.6) is 0 Å². The molecule has 1 aliphatic rings. The molecule has 1 N–H and O–H groups in total. The number of hydrogen-bond donors (Lipinski definition) is 1. The van der Waals surface area contributed by atoms with Crippen LogP contribution in [0.3, 0.4) is 0 Å². The first-order valence-corrected chi connectivity index (χ1v) is 10.8. The van der Waals surface area contributed by atoms with Crippen molar-refractivity contribution in [1.29, 1.82) is 0 Å². The molecule has 29 heavy (non-hydrogen) atoms. The monoisotopic (exact) mass is 402 g/mol. The first-order valence-electron chi connectivity index (χ1n) is 9.33. The summed E-state index contributed by atoms with van der Waals surface area (Å²) in [6.07, 6.45) is 0. The largest absolute Gasteiger partial charge is 0.324 e. The Hall–Kier alpha value is -3.38. The van der Waals surface area contributed by atoms with E-state index in [1.54, 1.807) is 25.1 Å². The molecule has 0 fully saturated rings. The van der Waals surface area contributed by atoms with Gasteiger partial charge in [-0.05, 0) is 35.9 Å². The zero-order valence-corrected chi connectivity index (χ0v) is 16.5. The maximum Gasteiger partial charge on any atom is 0.265 e. The maximum absolute atomic E-state index is 13.2. The summed E-state index contributed by atoms with van der Waals surface area (Å²) in [6.45, 7) is 1.61. The van der Waals surface area contributed by atoms with E-state index in [0.29, 0.717) is 16.8 Å². The minimum absolute atomic E-state index is 0.246. The highest BCUT2D eigenvalue weighted by molar-refractivity contribution is 7.93. The summed E-state index contributed by atoms with van der Waals surface area (Å²) < 4.78 is 27.7. The number of amides is 1. The number of carbonyl (C=O) groups excluding carboxylic acids is 1. The molecule has 0 radical (unpaired) electrons. The third kappa shape index (κ3) is 2.60. The molecule has 1 amide bonds. The number of rotatable bonds is 3. The first kappa shape index (κ1) is 17.7. The van der Waals surface area contributed by atoms with Crippen molar-refractivity contribution in [2.24, 2.45) is 0 Å². The number of hydrogen-bond acceptors (Lipinski definition) is 3. The van der Waals surface area contributed by atoms with Crippen molar-refractivity contribution in [3.8, 4) is 0 Å². The second-order valence-corrected chi connectivity index (χ2v) is 8.91. The molecule has 1 atom stereocenters. The summed E-state index contributed by atoms with van der Waals surface area (Å²) in [7, 11) is -3.80. The number of nitrogens with one attached hydrogen (secondary N) is 1. The lowest BCUT2D eigenvalue weighted by atomic mass is 10.1. The molecule has 0 saturated heterocycles. The third-order valence-electron chi connectivity index (χ3n) is 5.40. The van der Waals surface area contributed by atoms with Gasteiger partial charge in [0.05, 0.1) is 10.6 Å². The average Bonchev–Trinajstić information content (AvgIpc) is 2.96. The van der Waals surface area contributed by atoms with Gasteiger partial charge in [-0.2, -0.15) is 0 Å². The standard InChI is InChI=1S/C23H18N2O3S/c1-15(23(26)24-19-12-4-8-16-7-2-3-11-18(16)19)25-20-13-5-9-17-10-6-14-21(22(17)20)29(25,27)28/h2-15H,1H3,(H,24,26)/t15-/m0/s1. The Balaban J connectivity index is 1.55. The highest BCUT2D eigenvalue weighted by Crippen LogP contribution is 2.43. The summed E-state index contributed by atoms with van der Waals surface area (Å²) >= 11 is 0. The highest BCUT2D eigenvalue weighted by atomic mass is 32.2. The van der Waals surface area contributed by atoms with Gasteiger partial charge in [-0.15, -0.1) is 0 Å². The molecule has 4 aromatic carbocycles. The number of carbonyl (C=O) groups is 1. The predicted octanol–water partition coefficient (Wildman–Crippen LogP) is 4.53. The quantitative estimate of drug-likeness (QED) is 0.548. The Bertz CT molecular complexity index is 1390. The number of benzene rings is 4. The van der Waals surface area contributed by atoms with Crippen LogP contribution in [0.15, 0.2) is 83.8 Å². The summed E-state index contributed by atoms with van der Waals surface area (Å²) in [5, 5.41) is 6.33. The SMILES string of the molecule is C[C@@H](C(=O)Nc1cccc2ccccc12)N1c2cccc3cccc(c23)S1(=O)=O. The van der Waals surface area contributed by atoms with Crippen molar-refractivity contribution >= 4 is 48.9 Å². The van der Waals surface area contributed by atoms with Gasteiger partial charge in [0, 0.05) is 16.5 Å². The smallest absolute Gasteiger partial charge is 0.265 e. The number of anilines is 2. The number of fused-ring (bicyclic) bond motifs is 1. The fourth-order valence-corrected chi connectivity index (χ4v) is 5.88. The number of nitrogens with zero attached hydrogens (tertiary/aromatic N) is 1. The zero-order chi connectivity index (χ0) is 20.2. The van der Waals surface area contributed by atoms with Crippen LogP contribution in [0.4, 0.5) is 11.4 Å². The van der Waals surface area contributed by atoms with Gasteiger partial charge in [-0.3, -0.25) is 9.10 Å². The summed E-state index contributed by atoms with van der Waals surface area (Å²) in [6, 6.07) is 23.1. The van der Waals surface area contributed by atoms with Crippen LogP contribution in [0, 0.1) is 0 Å². The van der Waals surface area contributed by atoms with Crippen LogP contribution < -0.4 is 9.62 Å². The average molecular weight is 402 g/mol. The second kappa shape index (κ2) is 6.32. The molecule has 1 heterocycles. The third-order valence-corrected chi connectivity index (χ3v) is 7.32. The molecule has 144 valence electrons. The molecule has 0 aromatic heterocycles. The molecule has 0 aliphatic carbocycles. The first-order chi connectivity index (χ1) is 14.0. The van der Waals surface area contributed by atoms with E-state index < -0.39 is 16.1 Å². The van der Waals surface area contributed by atoms with Crippen LogP contribution in [0.1, 0.15) is 6.92 Å². The molecule has 0 spiro atoms. The van der Waals surface area contributed by atoms with Gasteiger partial charge in [0.15, 0.2) is 0 Å². The van der Waals surface area contributed by atoms with E-state index in [0.717, 1.165) is 16.2 Å². The zero-order valence-electron chi connectivity index (χ0n) is 15.7. The Morgan fingerprint density at radius 2 is 1.52 bits per heavy atom. The van der Waals surface area contributed by atoms with Crippen molar-refractivity contribution in [3.05, 3.63) is 78.9 Å². The minimum atomic E-state index is -3.80. The molecule has 4 aromatic rings. The van der Waals surface area contributed by atoms with Crippen molar-refractivity contribution in [3.63, 3.8) is 0 Å². The van der Waals surface area contributed by atoms with Crippen LogP contribution in [0.25, 0.3) is 21.5 Å². The lowest BCUT2D eigenvalue weighted by molar-refractivity contribution is -0.116. The second-order valence-electron chi connectivity index (χ2n) is 7.12. The van der Waals surface area contributed by atoms with Gasteiger partial charge < -0.3 is 5.32 Å². The van der Waals surface area contributed by atoms with Gasteiger partial charge in [0.25, 0.3) is 10.0 Å². The van der Waals surface area contributed by atoms with Crippen molar-refractivity contribution in [1.82, 2.24) is 0 Å². The molecule has 0 saturated carbocycles. The van der Waals surface area contributed by atoms with E-state index in [4.69, 9.17) is 0 Å². The minimum Gasteiger partial charge on any atom is -0.324 e. The van der Waals surface area contributed by atoms with Crippen LogP contribution in [-0.2, 0) is 14.8 Å². The van der Waals surface area contributed by atoms with Crippen molar-refractivity contribution < 1.29 is 13.2 Å². The predicted molar refractivity (Wildman–Crippen MR) is 116 cm³/mol. The lowest BCUT2D eigenvalue weighted by Crippen LogP contribution is -2.44. The van der Waals surface area contributed by atoms with Gasteiger partial charge in [0.2, 0.25) is 5.91 Å². The maximum atomic E-state index is 13.2.